The second kappa shape index (κ2) is 4.24. The highest BCUT2D eigenvalue weighted by Gasteiger charge is 2.19. The summed E-state index contributed by atoms with van der Waals surface area (Å²) in [7, 11) is 0. The van der Waals surface area contributed by atoms with Gasteiger partial charge in [-0.05, 0) is 24.8 Å². The summed E-state index contributed by atoms with van der Waals surface area (Å²) in [5, 5.41) is 6.97. The van der Waals surface area contributed by atoms with Crippen LogP contribution in [0.3, 0.4) is 0 Å². The molecule has 0 spiro atoms. The van der Waals surface area contributed by atoms with E-state index in [0.29, 0.717) is 5.41 Å². The molecule has 0 aromatic carbocycles. The Labute approximate surface area is 76.1 Å². The first kappa shape index (κ1) is 10.0. The van der Waals surface area contributed by atoms with Gasteiger partial charge in [-0.1, -0.05) is 20.8 Å². The highest BCUT2D eigenvalue weighted by atomic mass is 15.0. The van der Waals surface area contributed by atoms with Crippen molar-refractivity contribution in [3.8, 4) is 0 Å². The third-order valence-electron chi connectivity index (χ3n) is 2.89. The summed E-state index contributed by atoms with van der Waals surface area (Å²) in [4.78, 5) is 0. The fourth-order valence-corrected chi connectivity index (χ4v) is 1.37. The number of rotatable bonds is 4. The minimum absolute atomic E-state index is 0.461. The number of hydrogen-bond acceptors (Lipinski definition) is 2. The zero-order chi connectivity index (χ0) is 9.03. The normalized spacial score (nSPS) is 24.8. The van der Waals surface area contributed by atoms with Crippen molar-refractivity contribution in [3.05, 3.63) is 0 Å². The van der Waals surface area contributed by atoms with Gasteiger partial charge < -0.3 is 10.6 Å². The maximum Gasteiger partial charge on any atom is 0.0204 e. The van der Waals surface area contributed by atoms with Gasteiger partial charge in [0.15, 0.2) is 0 Å². The number of nitrogens with one attached hydrogen (secondary N) is 2. The van der Waals surface area contributed by atoms with Gasteiger partial charge in [0.2, 0.25) is 0 Å². The quantitative estimate of drug-likeness (QED) is 0.666. The minimum Gasteiger partial charge on any atom is -0.315 e. The summed E-state index contributed by atoms with van der Waals surface area (Å²) >= 11 is 0. The molecule has 0 radical (unpaired) electrons. The Kier molecular flexibility index (Phi) is 3.53. The summed E-state index contributed by atoms with van der Waals surface area (Å²) in [5.74, 6) is 0. The second-order valence-corrected chi connectivity index (χ2v) is 4.59. The largest absolute Gasteiger partial charge is 0.315 e. The molecule has 1 atom stereocenters. The first-order valence-electron chi connectivity index (χ1n) is 5.08. The van der Waals surface area contributed by atoms with Crippen LogP contribution in [0.25, 0.3) is 0 Å². The van der Waals surface area contributed by atoms with Crippen LogP contribution in [0.5, 0.6) is 0 Å². The van der Waals surface area contributed by atoms with E-state index in [4.69, 9.17) is 0 Å². The molecule has 2 heteroatoms. The molecule has 72 valence electrons. The smallest absolute Gasteiger partial charge is 0.0204 e. The maximum atomic E-state index is 3.61. The average molecular weight is 170 g/mol. The van der Waals surface area contributed by atoms with Crippen molar-refractivity contribution in [2.45, 2.75) is 39.7 Å². The van der Waals surface area contributed by atoms with E-state index in [2.05, 4.69) is 31.4 Å². The highest BCUT2D eigenvalue weighted by Crippen LogP contribution is 2.18. The van der Waals surface area contributed by atoms with Crippen LogP contribution in [0.4, 0.5) is 0 Å². The van der Waals surface area contributed by atoms with Gasteiger partial charge in [-0.3, -0.25) is 0 Å². The van der Waals surface area contributed by atoms with Crippen molar-refractivity contribution in [3.63, 3.8) is 0 Å². The Bertz CT molecular complexity index is 126. The number of hydrogen-bond donors (Lipinski definition) is 2. The van der Waals surface area contributed by atoms with E-state index in [1.54, 1.807) is 0 Å². The fourth-order valence-electron chi connectivity index (χ4n) is 1.37. The van der Waals surface area contributed by atoms with E-state index < -0.39 is 0 Å². The summed E-state index contributed by atoms with van der Waals surface area (Å²) < 4.78 is 0. The molecule has 2 nitrogen and oxygen atoms in total. The topological polar surface area (TPSA) is 24.1 Å². The average Bonchev–Trinajstić information content (AvgIpc) is 2.53. The predicted molar refractivity (Wildman–Crippen MR) is 53.3 cm³/mol. The molecule has 1 rings (SSSR count). The summed E-state index contributed by atoms with van der Waals surface area (Å²) in [6.45, 7) is 10.4. The highest BCUT2D eigenvalue weighted by molar-refractivity contribution is 4.80. The molecule has 0 saturated carbocycles. The van der Waals surface area contributed by atoms with Crippen molar-refractivity contribution < 1.29 is 0 Å². The van der Waals surface area contributed by atoms with Crippen LogP contribution < -0.4 is 10.6 Å². The molecule has 1 aliphatic heterocycles. The molecule has 2 N–H and O–H groups in total. The lowest BCUT2D eigenvalue weighted by atomic mass is 9.90. The molecule has 0 aromatic rings. The van der Waals surface area contributed by atoms with E-state index in [9.17, 15) is 0 Å². The van der Waals surface area contributed by atoms with Crippen molar-refractivity contribution in [1.29, 1.82) is 0 Å². The van der Waals surface area contributed by atoms with Gasteiger partial charge in [0.05, 0.1) is 0 Å². The molecule has 1 saturated heterocycles. The Morgan fingerprint density at radius 1 is 1.50 bits per heavy atom. The lowest BCUT2D eigenvalue weighted by molar-refractivity contribution is 0.312. The first-order chi connectivity index (χ1) is 5.64. The minimum atomic E-state index is 0.461. The van der Waals surface area contributed by atoms with E-state index in [1.807, 2.05) is 0 Å². The molecule has 0 amide bonds. The van der Waals surface area contributed by atoms with Crippen LogP contribution in [0.15, 0.2) is 0 Å². The van der Waals surface area contributed by atoms with E-state index in [0.717, 1.165) is 19.1 Å². The van der Waals surface area contributed by atoms with Crippen LogP contribution in [0.1, 0.15) is 33.6 Å². The monoisotopic (exact) mass is 170 g/mol. The van der Waals surface area contributed by atoms with E-state index >= 15 is 0 Å². The summed E-state index contributed by atoms with van der Waals surface area (Å²) in [6, 6.07) is 0.718. The van der Waals surface area contributed by atoms with Crippen LogP contribution in [-0.4, -0.2) is 25.7 Å². The lowest BCUT2D eigenvalue weighted by Crippen LogP contribution is -2.37. The van der Waals surface area contributed by atoms with Crippen LogP contribution in [-0.2, 0) is 0 Å². The van der Waals surface area contributed by atoms with E-state index in [-0.39, 0.29) is 0 Å². The first-order valence-corrected chi connectivity index (χ1v) is 5.08. The summed E-state index contributed by atoms with van der Waals surface area (Å²) in [6.07, 6.45) is 2.54. The fraction of sp³-hybridized carbons (Fsp3) is 1.00. The van der Waals surface area contributed by atoms with Crippen LogP contribution in [0, 0.1) is 5.41 Å². The van der Waals surface area contributed by atoms with E-state index in [1.165, 1.54) is 19.4 Å². The van der Waals surface area contributed by atoms with Gasteiger partial charge in [-0.25, -0.2) is 0 Å². The maximum absolute atomic E-state index is 3.61. The molecule has 0 aliphatic carbocycles. The third kappa shape index (κ3) is 3.11. The predicted octanol–water partition coefficient (Wildman–Crippen LogP) is 1.37. The third-order valence-corrected chi connectivity index (χ3v) is 2.89. The van der Waals surface area contributed by atoms with Gasteiger partial charge in [-0.15, -0.1) is 0 Å². The molecule has 1 fully saturated rings. The lowest BCUT2D eigenvalue weighted by Gasteiger charge is -2.25. The van der Waals surface area contributed by atoms with Gasteiger partial charge in [0.25, 0.3) is 0 Å². The van der Waals surface area contributed by atoms with Crippen molar-refractivity contribution in [2.75, 3.05) is 19.6 Å². The van der Waals surface area contributed by atoms with Gasteiger partial charge in [0, 0.05) is 19.1 Å². The van der Waals surface area contributed by atoms with Crippen molar-refractivity contribution >= 4 is 0 Å². The van der Waals surface area contributed by atoms with Crippen molar-refractivity contribution in [1.82, 2.24) is 10.6 Å². The molecular weight excluding hydrogens is 148 g/mol. The SMILES string of the molecule is CCC(C)(C)CNC1CCNC1. The molecular formula is C10H22N2. The molecule has 1 aliphatic rings. The van der Waals surface area contributed by atoms with Gasteiger partial charge in [-0.2, -0.15) is 0 Å². The summed E-state index contributed by atoms with van der Waals surface area (Å²) in [5.41, 5.74) is 0.461. The zero-order valence-corrected chi connectivity index (χ0v) is 8.61. The molecule has 0 aromatic heterocycles. The van der Waals surface area contributed by atoms with Crippen LogP contribution in [0.2, 0.25) is 0 Å². The molecule has 1 heterocycles. The van der Waals surface area contributed by atoms with Gasteiger partial charge >= 0.3 is 0 Å². The molecule has 1 unspecified atom stereocenters. The van der Waals surface area contributed by atoms with Crippen LogP contribution >= 0.6 is 0 Å². The van der Waals surface area contributed by atoms with Gasteiger partial charge in [0.1, 0.15) is 0 Å². The Balaban J connectivity index is 2.15. The standard InChI is InChI=1S/C10H22N2/c1-4-10(2,3)8-12-9-5-6-11-7-9/h9,11-12H,4-8H2,1-3H3. The Morgan fingerprint density at radius 2 is 2.25 bits per heavy atom. The molecule has 12 heavy (non-hydrogen) atoms. The Morgan fingerprint density at radius 3 is 2.75 bits per heavy atom. The Hall–Kier alpha value is -0.0800. The van der Waals surface area contributed by atoms with Crippen molar-refractivity contribution in [2.24, 2.45) is 5.41 Å². The molecule has 0 bridgehead atoms. The zero-order valence-electron chi connectivity index (χ0n) is 8.61. The second-order valence-electron chi connectivity index (χ2n) is 4.59.